The molecule has 2 saturated heterocycles. The monoisotopic (exact) mass is 933 g/mol. The number of carbonyl (C=O) groups excluding carboxylic acids is 2. The SMILES string of the molecule is CO[C@@]1(CN2CCN3CCN(C(=O)S(=O)(=O)c4ccccc4)C[C@@H]3C2)/C=C/C[C@H](C)[C@@H](C)S(=O)(=O)NC(=O)c2ccc3c(c2)N(C[C@@H]2CC[C@H]21)C[C@@]1(CCCc2cc(Cl)ccc21)CO3. The molecule has 0 radical (unpaired) electrons. The number of sulfone groups is 1. The number of piperazine rings is 2. The molecular formula is C48H60ClN5O8S2. The van der Waals surface area contributed by atoms with Crippen molar-refractivity contribution in [3.8, 4) is 5.75 Å². The van der Waals surface area contributed by atoms with Crippen molar-refractivity contribution in [2.75, 3.05) is 77.5 Å². The van der Waals surface area contributed by atoms with Gasteiger partial charge in [-0.25, -0.2) is 21.6 Å². The maximum Gasteiger partial charge on any atom is 0.343 e. The van der Waals surface area contributed by atoms with Gasteiger partial charge in [-0.2, -0.15) is 0 Å². The van der Waals surface area contributed by atoms with Crippen LogP contribution in [0.2, 0.25) is 5.02 Å². The molecule has 3 fully saturated rings. The molecule has 1 N–H and O–H groups in total. The molecule has 4 heterocycles. The number of sulfonamides is 1. The predicted molar refractivity (Wildman–Crippen MR) is 247 cm³/mol. The first-order valence-electron chi connectivity index (χ1n) is 22.8. The average molecular weight is 935 g/mol. The Balaban J connectivity index is 1.04. The second-order valence-corrected chi connectivity index (χ2v) is 23.4. The van der Waals surface area contributed by atoms with E-state index in [2.05, 4.69) is 43.7 Å². The summed E-state index contributed by atoms with van der Waals surface area (Å²) < 4.78 is 70.2. The van der Waals surface area contributed by atoms with Crippen LogP contribution in [0.25, 0.3) is 0 Å². The number of ether oxygens (including phenoxy) is 2. The number of allylic oxidation sites excluding steroid dienone is 1. The lowest BCUT2D eigenvalue weighted by molar-refractivity contribution is -0.101. The third kappa shape index (κ3) is 8.49. The molecule has 16 heteroatoms. The maximum atomic E-state index is 13.8. The Bertz CT molecular complexity index is 2530. The van der Waals surface area contributed by atoms with Gasteiger partial charge in [-0.3, -0.25) is 19.4 Å². The van der Waals surface area contributed by atoms with E-state index in [0.717, 1.165) is 50.9 Å². The fraction of sp³-hybridized carbons (Fsp3) is 0.542. The van der Waals surface area contributed by atoms with Crippen LogP contribution in [0.1, 0.15) is 67.4 Å². The highest BCUT2D eigenvalue weighted by molar-refractivity contribution is 8.06. The standard InChI is InChI=1S/C48H60ClN5O8S2/c1-33-9-7-20-48(61-3,31-51-21-22-52-23-24-53(29-39(52)28-51)46(56)63(57,58)40-11-5-4-6-12-40)42-16-13-37(42)27-54-30-47(19-8-10-35-25-38(49)15-17-41(35)47)32-62-44-18-14-36(26-43(44)54)45(55)50-64(59,60)34(33)2/h4-7,11-12,14-15,17-18,20,25-26,33-34,37,39,42H,8-10,13,16,19,21-24,27-32H2,1-3H3,(H,50,55)/b20-7+/t33-,34+,37-,39-,42+,47-,48+/m0/s1. The number of hydrogen-bond acceptors (Lipinski definition) is 11. The number of halogens is 1. The molecule has 0 aromatic heterocycles. The zero-order valence-corrected chi connectivity index (χ0v) is 39.3. The van der Waals surface area contributed by atoms with Crippen LogP contribution >= 0.6 is 11.6 Å². The van der Waals surface area contributed by atoms with E-state index >= 15 is 0 Å². The van der Waals surface area contributed by atoms with Crippen LogP contribution in [0, 0.1) is 17.8 Å². The van der Waals surface area contributed by atoms with Crippen LogP contribution < -0.4 is 14.4 Å². The number of aryl methyl sites for hydroxylation is 1. The molecular weight excluding hydrogens is 874 g/mol. The van der Waals surface area contributed by atoms with Gasteiger partial charge in [0.15, 0.2) is 0 Å². The lowest BCUT2D eigenvalue weighted by Crippen LogP contribution is -2.65. The molecule has 3 aromatic carbocycles. The lowest BCUT2D eigenvalue weighted by Gasteiger charge is -2.53. The van der Waals surface area contributed by atoms with E-state index in [1.54, 1.807) is 50.4 Å². The molecule has 4 aliphatic heterocycles. The topological polar surface area (TPSA) is 146 Å². The molecule has 2 aliphatic carbocycles. The highest BCUT2D eigenvalue weighted by Gasteiger charge is 2.51. The first-order chi connectivity index (χ1) is 30.6. The second-order valence-electron chi connectivity index (χ2n) is 19.1. The predicted octanol–water partition coefficient (Wildman–Crippen LogP) is 6.16. The number of carbonyl (C=O) groups is 2. The molecule has 1 saturated carbocycles. The minimum atomic E-state index is -4.18. The Morgan fingerprint density at radius 2 is 1.78 bits per heavy atom. The molecule has 2 amide bonds. The molecule has 7 atom stereocenters. The van der Waals surface area contributed by atoms with E-state index in [9.17, 15) is 26.4 Å². The lowest BCUT2D eigenvalue weighted by atomic mass is 9.63. The van der Waals surface area contributed by atoms with Crippen LogP contribution in [0.3, 0.4) is 0 Å². The van der Waals surface area contributed by atoms with Crippen molar-refractivity contribution in [1.29, 1.82) is 0 Å². The molecule has 9 rings (SSSR count). The zero-order valence-electron chi connectivity index (χ0n) is 37.0. The van der Waals surface area contributed by atoms with Crippen molar-refractivity contribution in [2.24, 2.45) is 17.8 Å². The summed E-state index contributed by atoms with van der Waals surface area (Å²) in [6.07, 6.45) is 9.42. The summed E-state index contributed by atoms with van der Waals surface area (Å²) in [7, 11) is -6.45. The second kappa shape index (κ2) is 17.7. The number of fused-ring (bicyclic) bond motifs is 5. The first-order valence-corrected chi connectivity index (χ1v) is 26.2. The molecule has 6 aliphatic rings. The number of methoxy groups -OCH3 is 1. The highest BCUT2D eigenvalue weighted by atomic mass is 35.5. The minimum Gasteiger partial charge on any atom is -0.490 e. The van der Waals surface area contributed by atoms with E-state index in [1.165, 1.54) is 28.2 Å². The number of rotatable bonds is 4. The Labute approximate surface area is 383 Å². The highest BCUT2D eigenvalue weighted by Crippen LogP contribution is 2.49. The van der Waals surface area contributed by atoms with Gasteiger partial charge in [0.05, 0.1) is 22.4 Å². The Hall–Kier alpha value is -3.99. The molecule has 344 valence electrons. The first kappa shape index (κ1) is 45.2. The molecule has 0 unspecified atom stereocenters. The van der Waals surface area contributed by atoms with Gasteiger partial charge in [-0.15, -0.1) is 0 Å². The smallest absolute Gasteiger partial charge is 0.343 e. The average Bonchev–Trinajstić information content (AvgIpc) is 3.43. The molecule has 3 aromatic rings. The van der Waals surface area contributed by atoms with Crippen molar-refractivity contribution < 1.29 is 35.9 Å². The molecule has 2 bridgehead atoms. The summed E-state index contributed by atoms with van der Waals surface area (Å²) in [4.78, 5) is 36.0. The molecule has 13 nitrogen and oxygen atoms in total. The normalized spacial score (nSPS) is 31.6. The van der Waals surface area contributed by atoms with E-state index in [1.807, 2.05) is 13.0 Å². The number of anilines is 1. The van der Waals surface area contributed by atoms with E-state index in [4.69, 9.17) is 21.1 Å². The van der Waals surface area contributed by atoms with Gasteiger partial charge < -0.3 is 19.3 Å². The van der Waals surface area contributed by atoms with Crippen LogP contribution in [-0.2, 0) is 36.4 Å². The Morgan fingerprint density at radius 1 is 0.984 bits per heavy atom. The quantitative estimate of drug-likeness (QED) is 0.300. The van der Waals surface area contributed by atoms with Gasteiger partial charge in [0, 0.05) is 88.1 Å². The summed E-state index contributed by atoms with van der Waals surface area (Å²) in [6.45, 7) is 9.30. The summed E-state index contributed by atoms with van der Waals surface area (Å²) in [5, 5.41) is -1.01. The Kier molecular flexibility index (Phi) is 12.5. The van der Waals surface area contributed by atoms with E-state index in [0.29, 0.717) is 69.6 Å². The van der Waals surface area contributed by atoms with Crippen LogP contribution in [0.15, 0.2) is 83.8 Å². The summed E-state index contributed by atoms with van der Waals surface area (Å²) in [5.74, 6) is -0.0181. The fourth-order valence-electron chi connectivity index (χ4n) is 11.4. The van der Waals surface area contributed by atoms with Gasteiger partial charge in [0.1, 0.15) is 11.4 Å². The van der Waals surface area contributed by atoms with Crippen molar-refractivity contribution in [1.82, 2.24) is 19.4 Å². The third-order valence-corrected chi connectivity index (χ3v) is 19.2. The number of amides is 2. The summed E-state index contributed by atoms with van der Waals surface area (Å²) >= 11 is 6.53. The number of hydrogen-bond donors (Lipinski definition) is 1. The number of nitrogens with one attached hydrogen (secondary N) is 1. The van der Waals surface area contributed by atoms with Gasteiger partial charge >= 0.3 is 5.24 Å². The van der Waals surface area contributed by atoms with Gasteiger partial charge in [0.2, 0.25) is 10.0 Å². The van der Waals surface area contributed by atoms with Crippen LogP contribution in [0.5, 0.6) is 5.75 Å². The molecule has 1 spiro atoms. The summed E-state index contributed by atoms with van der Waals surface area (Å²) in [6, 6.07) is 19.3. The van der Waals surface area contributed by atoms with Gasteiger partial charge in [-0.1, -0.05) is 54.9 Å². The van der Waals surface area contributed by atoms with Crippen molar-refractivity contribution >= 4 is 48.3 Å². The number of nitrogens with zero attached hydrogens (tertiary/aromatic N) is 4. The van der Waals surface area contributed by atoms with Gasteiger partial charge in [-0.05, 0) is 117 Å². The van der Waals surface area contributed by atoms with Crippen LogP contribution in [0.4, 0.5) is 10.5 Å². The third-order valence-electron chi connectivity index (χ3n) is 15.4. The zero-order chi connectivity index (χ0) is 45.0. The van der Waals surface area contributed by atoms with Crippen LogP contribution in [-0.4, -0.2) is 132 Å². The van der Waals surface area contributed by atoms with Crippen molar-refractivity contribution in [3.63, 3.8) is 0 Å². The van der Waals surface area contributed by atoms with E-state index in [-0.39, 0.29) is 39.7 Å². The largest absolute Gasteiger partial charge is 0.490 e. The fourth-order valence-corrected chi connectivity index (χ4v) is 14.1. The Morgan fingerprint density at radius 3 is 2.55 bits per heavy atom. The van der Waals surface area contributed by atoms with Gasteiger partial charge in [0.25, 0.3) is 15.7 Å². The maximum absolute atomic E-state index is 13.8. The van der Waals surface area contributed by atoms with Crippen molar-refractivity contribution in [2.45, 2.75) is 79.6 Å². The summed E-state index contributed by atoms with van der Waals surface area (Å²) in [5.41, 5.74) is 2.40. The van der Waals surface area contributed by atoms with E-state index < -0.39 is 41.9 Å². The molecule has 64 heavy (non-hydrogen) atoms. The number of benzene rings is 3. The minimum absolute atomic E-state index is 0.00270. The van der Waals surface area contributed by atoms with Crippen molar-refractivity contribution in [3.05, 3.63) is 101 Å².